The highest BCUT2D eigenvalue weighted by molar-refractivity contribution is 5.91. The number of hydrogen-bond acceptors (Lipinski definition) is 16. The molecule has 2 unspecified atom stereocenters. The molecule has 1 heterocycles. The normalized spacial score (nSPS) is 17.7. The molecular weight excluding hydrogens is 1020 g/mol. The van der Waals surface area contributed by atoms with Crippen LogP contribution >= 0.6 is 0 Å². The molecule has 0 radical (unpaired) electrons. The van der Waals surface area contributed by atoms with E-state index in [-0.39, 0.29) is 87.5 Å². The molecule has 0 saturated carbocycles. The summed E-state index contributed by atoms with van der Waals surface area (Å²) in [5.41, 5.74) is 0.793. The predicted molar refractivity (Wildman–Crippen MR) is 296 cm³/mol. The van der Waals surface area contributed by atoms with Gasteiger partial charge in [-0.2, -0.15) is 0 Å². The van der Waals surface area contributed by atoms with Crippen LogP contribution in [0.4, 0.5) is 4.79 Å². The Labute approximate surface area is 468 Å². The lowest BCUT2D eigenvalue weighted by atomic mass is 9.89. The summed E-state index contributed by atoms with van der Waals surface area (Å²) in [4.78, 5) is 113. The molecule has 1 aromatic rings. The quantitative estimate of drug-likeness (QED) is 0.0288. The van der Waals surface area contributed by atoms with Gasteiger partial charge in [-0.1, -0.05) is 92.1 Å². The maximum absolute atomic E-state index is 14.5. The lowest BCUT2D eigenvalue weighted by Gasteiger charge is -2.41. The summed E-state index contributed by atoms with van der Waals surface area (Å²) in [5.74, 6) is -4.09. The van der Waals surface area contributed by atoms with Gasteiger partial charge >= 0.3 is 12.1 Å². The minimum absolute atomic E-state index is 0.00244. The molecule has 1 aliphatic rings. The Kier molecular flexibility index (Phi) is 31.7. The number of rotatable bonds is 36. The van der Waals surface area contributed by atoms with Crippen LogP contribution in [0.1, 0.15) is 113 Å². The van der Waals surface area contributed by atoms with Crippen LogP contribution in [0.3, 0.4) is 0 Å². The standard InChI is InChI=1S/C56H96N8O15/c1-15-36(7)49(63(12)54(72)47(34(3)4)61-53(71)48(35(5)6)62(10)11)43(75-13)31-45(67)64-28-20-24-42(64)50(76-14)37(8)51(69)60-41(30-39-22-18-17-19-23-39)52(70)57-26-21-29-77-55(73)38(9)59-44(66)25-27-58-56(74)78-33-46(68)79-40(16-2)32-65/h17-19,22-23,34-38,40-43,46-50,65,68H,15-16,20-21,24-33H2,1-14H3,(H,57,70)(H,58,74)(H,59,66)(H,60,69)(H,61,71)/t36-,37+,38-,40?,41+,42-,43+,46?,47-,48-,49-,50+/m0/s1. The molecule has 0 spiro atoms. The van der Waals surface area contributed by atoms with Crippen molar-refractivity contribution in [1.29, 1.82) is 0 Å². The molecule has 7 N–H and O–H groups in total. The van der Waals surface area contributed by atoms with Gasteiger partial charge in [0.25, 0.3) is 0 Å². The molecule has 23 heteroatoms. The Balaban J connectivity index is 2.07. The first kappa shape index (κ1) is 69.6. The first-order valence-electron chi connectivity index (χ1n) is 27.9. The molecule has 7 amide bonds. The van der Waals surface area contributed by atoms with Gasteiger partial charge in [-0.15, -0.1) is 0 Å². The molecule has 2 rings (SSSR count). The van der Waals surface area contributed by atoms with Crippen molar-refractivity contribution in [2.75, 3.05) is 74.8 Å². The third kappa shape index (κ3) is 22.9. The van der Waals surface area contributed by atoms with E-state index in [2.05, 4.69) is 26.6 Å². The molecule has 1 fully saturated rings. The number of hydrogen-bond donors (Lipinski definition) is 7. The first-order chi connectivity index (χ1) is 37.4. The Morgan fingerprint density at radius 2 is 1.47 bits per heavy atom. The molecule has 23 nitrogen and oxygen atoms in total. The van der Waals surface area contributed by atoms with Crippen LogP contribution in [-0.2, 0) is 63.7 Å². The summed E-state index contributed by atoms with van der Waals surface area (Å²) in [7, 11) is 8.38. The first-order valence-corrected chi connectivity index (χ1v) is 27.9. The average Bonchev–Trinajstić information content (AvgIpc) is 3.92. The van der Waals surface area contributed by atoms with Crippen LogP contribution in [-0.4, -0.2) is 208 Å². The van der Waals surface area contributed by atoms with Gasteiger partial charge in [0.1, 0.15) is 24.7 Å². The highest BCUT2D eigenvalue weighted by Gasteiger charge is 2.43. The number of methoxy groups -OCH3 is 2. The summed E-state index contributed by atoms with van der Waals surface area (Å²) in [5, 5.41) is 32.6. The van der Waals surface area contributed by atoms with Crippen LogP contribution in [0.2, 0.25) is 0 Å². The van der Waals surface area contributed by atoms with Gasteiger partial charge in [0.15, 0.2) is 6.29 Å². The summed E-state index contributed by atoms with van der Waals surface area (Å²) < 4.78 is 27.4. The number of alkyl carbamates (subject to hydrolysis) is 1. The molecule has 0 aromatic heterocycles. The molecule has 0 bridgehead atoms. The Hall–Kier alpha value is -5.46. The van der Waals surface area contributed by atoms with Gasteiger partial charge in [0, 0.05) is 53.7 Å². The van der Waals surface area contributed by atoms with Crippen molar-refractivity contribution in [1.82, 2.24) is 41.3 Å². The van der Waals surface area contributed by atoms with E-state index in [0.29, 0.717) is 32.2 Å². The molecule has 450 valence electrons. The van der Waals surface area contributed by atoms with E-state index in [1.54, 1.807) is 30.7 Å². The predicted octanol–water partition coefficient (Wildman–Crippen LogP) is 2.14. The van der Waals surface area contributed by atoms with E-state index >= 15 is 0 Å². The lowest BCUT2D eigenvalue weighted by Crippen LogP contribution is -2.59. The second-order valence-corrected chi connectivity index (χ2v) is 21.4. The fraction of sp³-hybridized carbons (Fsp3) is 0.750. The van der Waals surface area contributed by atoms with Gasteiger partial charge < -0.3 is 70.3 Å². The molecule has 12 atom stereocenters. The van der Waals surface area contributed by atoms with Crippen LogP contribution in [0.15, 0.2) is 30.3 Å². The van der Waals surface area contributed by atoms with Crippen molar-refractivity contribution < 1.29 is 72.3 Å². The number of likely N-dealkylation sites (N-methyl/N-ethyl adjacent to an activating group) is 2. The zero-order chi connectivity index (χ0) is 59.5. The molecular formula is C56H96N8O15. The van der Waals surface area contributed by atoms with Crippen molar-refractivity contribution in [3.63, 3.8) is 0 Å². The summed E-state index contributed by atoms with van der Waals surface area (Å²) in [6.45, 7) is 16.1. The molecule has 79 heavy (non-hydrogen) atoms. The minimum Gasteiger partial charge on any atom is -0.464 e. The van der Waals surface area contributed by atoms with E-state index < -0.39 is 103 Å². The van der Waals surface area contributed by atoms with Crippen molar-refractivity contribution in [2.45, 2.75) is 175 Å². The number of carbonyl (C=O) groups is 8. The zero-order valence-electron chi connectivity index (χ0n) is 49.4. The summed E-state index contributed by atoms with van der Waals surface area (Å²) in [6.07, 6.45) is -1.95. The van der Waals surface area contributed by atoms with Gasteiger partial charge in [0.05, 0.1) is 62.0 Å². The fourth-order valence-corrected chi connectivity index (χ4v) is 9.86. The Morgan fingerprint density at radius 3 is 2.04 bits per heavy atom. The molecule has 1 saturated heterocycles. The second kappa shape index (κ2) is 36.0. The third-order valence-electron chi connectivity index (χ3n) is 14.4. The second-order valence-electron chi connectivity index (χ2n) is 21.4. The molecule has 0 aliphatic carbocycles. The maximum atomic E-state index is 14.5. The largest absolute Gasteiger partial charge is 0.464 e. The number of nitrogens with one attached hydrogen (secondary N) is 5. The number of aliphatic hydroxyl groups is 2. The van der Waals surface area contributed by atoms with Crippen LogP contribution < -0.4 is 26.6 Å². The summed E-state index contributed by atoms with van der Waals surface area (Å²) >= 11 is 0. The van der Waals surface area contributed by atoms with Crippen molar-refractivity contribution in [2.24, 2.45) is 23.7 Å². The number of amides is 7. The van der Waals surface area contributed by atoms with Crippen LogP contribution in [0, 0.1) is 23.7 Å². The van der Waals surface area contributed by atoms with Crippen LogP contribution in [0.25, 0.3) is 0 Å². The highest BCUT2D eigenvalue weighted by Crippen LogP contribution is 2.30. The van der Waals surface area contributed by atoms with Crippen LogP contribution in [0.5, 0.6) is 0 Å². The summed E-state index contributed by atoms with van der Waals surface area (Å²) in [6, 6.07) is 4.86. The molecule has 1 aromatic carbocycles. The Bertz CT molecular complexity index is 2040. The van der Waals surface area contributed by atoms with Gasteiger partial charge in [-0.05, 0) is 70.0 Å². The van der Waals surface area contributed by atoms with E-state index in [9.17, 15) is 43.5 Å². The minimum atomic E-state index is -1.44. The lowest BCUT2D eigenvalue weighted by molar-refractivity contribution is -0.165. The van der Waals surface area contributed by atoms with Crippen molar-refractivity contribution >= 4 is 47.5 Å². The number of esters is 1. The van der Waals surface area contributed by atoms with Crippen molar-refractivity contribution in [3.8, 4) is 0 Å². The van der Waals surface area contributed by atoms with E-state index in [1.165, 1.54) is 21.1 Å². The average molecular weight is 1120 g/mol. The topological polar surface area (TPSA) is 293 Å². The smallest absolute Gasteiger partial charge is 0.407 e. The number of ether oxygens (including phenoxy) is 5. The third-order valence-corrected chi connectivity index (χ3v) is 14.4. The monoisotopic (exact) mass is 1120 g/mol. The number of nitrogens with zero attached hydrogens (tertiary/aromatic N) is 3. The fourth-order valence-electron chi connectivity index (χ4n) is 9.86. The van der Waals surface area contributed by atoms with Crippen molar-refractivity contribution in [3.05, 3.63) is 35.9 Å². The Morgan fingerprint density at radius 1 is 0.797 bits per heavy atom. The number of benzene rings is 1. The van der Waals surface area contributed by atoms with E-state index in [1.807, 2.05) is 90.9 Å². The number of likely N-dealkylation sites (tertiary alicyclic amines) is 1. The van der Waals surface area contributed by atoms with E-state index in [0.717, 1.165) is 5.56 Å². The highest BCUT2D eigenvalue weighted by atomic mass is 16.6. The zero-order valence-corrected chi connectivity index (χ0v) is 49.4. The number of carbonyl (C=O) groups excluding carboxylic acids is 8. The van der Waals surface area contributed by atoms with Gasteiger partial charge in [-0.25, -0.2) is 9.59 Å². The van der Waals surface area contributed by atoms with Gasteiger partial charge in [-0.3, -0.25) is 33.7 Å². The molecule has 1 aliphatic heterocycles. The SMILES string of the molecule is CCC(CO)OC(O)COC(=O)NCCC(=O)N[C@@H](C)C(=O)OCCCNC(=O)[C@@H](Cc1ccccc1)NC(=O)[C@H](C)[C@@H](OC)[C@@H]1CCCN1C(=O)C[C@@H](OC)[C@H]([C@@H](C)CC)N(C)C(=O)[C@@H](NC(=O)[C@H](C(C)C)N(C)C)C(C)C. The maximum Gasteiger partial charge on any atom is 0.407 e. The van der Waals surface area contributed by atoms with Gasteiger partial charge in [0.2, 0.25) is 35.4 Å². The van der Waals surface area contributed by atoms with E-state index in [4.69, 9.17) is 28.8 Å². The number of aliphatic hydroxyl groups excluding tert-OH is 2.